The van der Waals surface area contributed by atoms with Crippen molar-refractivity contribution in [3.8, 4) is 0 Å². The Morgan fingerprint density at radius 1 is 1.07 bits per heavy atom. The number of anilines is 1. The highest BCUT2D eigenvalue weighted by molar-refractivity contribution is 7.89. The predicted octanol–water partition coefficient (Wildman–Crippen LogP) is 2.62. The molecule has 11 heteroatoms. The predicted molar refractivity (Wildman–Crippen MR) is 148 cm³/mol. The van der Waals surface area contributed by atoms with E-state index in [2.05, 4.69) is 6.58 Å². The molecule has 3 aliphatic rings. The summed E-state index contributed by atoms with van der Waals surface area (Å²) in [5, 5.41) is 11.7. The van der Waals surface area contributed by atoms with Gasteiger partial charge in [0.15, 0.2) is 5.54 Å². The van der Waals surface area contributed by atoms with E-state index in [0.29, 0.717) is 24.3 Å². The molecule has 0 aliphatic carbocycles. The second-order valence-corrected chi connectivity index (χ2v) is 11.9. The number of fused-ring (bicyclic) bond motifs is 2. The van der Waals surface area contributed by atoms with Gasteiger partial charge in [-0.05, 0) is 31.0 Å². The van der Waals surface area contributed by atoms with E-state index in [0.717, 1.165) is 24.2 Å². The minimum atomic E-state index is -3.86. The Morgan fingerprint density at radius 2 is 1.80 bits per heavy atom. The smallest absolute Gasteiger partial charge is 0.296 e. The zero-order valence-electron chi connectivity index (χ0n) is 22.2. The van der Waals surface area contributed by atoms with Gasteiger partial charge in [0, 0.05) is 44.4 Å². The zero-order chi connectivity index (χ0) is 28.7. The van der Waals surface area contributed by atoms with Crippen LogP contribution in [0.25, 0.3) is 5.76 Å². The fraction of sp³-hybridized carbons (Fsp3) is 0.345. The summed E-state index contributed by atoms with van der Waals surface area (Å²) in [5.41, 5.74) is -1.53. The van der Waals surface area contributed by atoms with Crippen molar-refractivity contribution < 1.29 is 32.6 Å². The number of methoxy groups -OCH3 is 1. The van der Waals surface area contributed by atoms with Gasteiger partial charge in [-0.25, -0.2) is 8.42 Å². The van der Waals surface area contributed by atoms with E-state index in [9.17, 15) is 27.9 Å². The van der Waals surface area contributed by atoms with Gasteiger partial charge in [0.05, 0.1) is 22.8 Å². The lowest BCUT2D eigenvalue weighted by molar-refractivity contribution is -0.144. The van der Waals surface area contributed by atoms with E-state index >= 15 is 0 Å². The van der Waals surface area contributed by atoms with Crippen molar-refractivity contribution in [1.29, 1.82) is 0 Å². The number of piperidine rings is 1. The van der Waals surface area contributed by atoms with Crippen molar-refractivity contribution in [3.63, 3.8) is 0 Å². The molecule has 0 bridgehead atoms. The van der Waals surface area contributed by atoms with Gasteiger partial charge in [0.1, 0.15) is 5.76 Å². The van der Waals surface area contributed by atoms with E-state index in [1.807, 2.05) is 0 Å². The van der Waals surface area contributed by atoms with Crippen molar-refractivity contribution in [1.82, 2.24) is 9.21 Å². The van der Waals surface area contributed by atoms with Crippen LogP contribution < -0.4 is 4.90 Å². The van der Waals surface area contributed by atoms with E-state index < -0.39 is 44.5 Å². The molecule has 2 aromatic rings. The summed E-state index contributed by atoms with van der Waals surface area (Å²) in [6.07, 6.45) is 4.00. The van der Waals surface area contributed by atoms with Gasteiger partial charge in [-0.3, -0.25) is 14.4 Å². The molecule has 5 rings (SSSR count). The van der Waals surface area contributed by atoms with Crippen molar-refractivity contribution in [2.75, 3.05) is 44.8 Å². The number of hydrogen-bond donors (Lipinski definition) is 1. The van der Waals surface area contributed by atoms with Crippen LogP contribution in [0, 0.1) is 0 Å². The monoisotopic (exact) mass is 565 g/mol. The van der Waals surface area contributed by atoms with Gasteiger partial charge in [0.2, 0.25) is 10.0 Å². The fourth-order valence-corrected chi connectivity index (χ4v) is 7.43. The molecule has 2 aromatic carbocycles. The number of hydrogen-bond acceptors (Lipinski definition) is 7. The molecule has 2 amide bonds. The SMILES string of the molecule is C=CCN1C(=O)C2(/C(=C(/O)c3cccc(S(=O)(=O)N4CCCCC4)c3)C(=O)C(=O)N2CCOC)c2ccccc21. The number of likely N-dealkylation sites (tertiary alicyclic amines) is 1. The van der Waals surface area contributed by atoms with Crippen LogP contribution in [0.15, 0.2) is 71.7 Å². The molecule has 1 N–H and O–H groups in total. The Balaban J connectivity index is 1.73. The van der Waals surface area contributed by atoms with Crippen molar-refractivity contribution in [3.05, 3.63) is 77.9 Å². The Bertz CT molecular complexity index is 1530. The molecule has 0 aromatic heterocycles. The molecule has 3 aliphatic heterocycles. The van der Waals surface area contributed by atoms with Crippen molar-refractivity contribution >= 4 is 39.1 Å². The quantitative estimate of drug-likeness (QED) is 0.226. The van der Waals surface area contributed by atoms with E-state index in [4.69, 9.17) is 4.74 Å². The summed E-state index contributed by atoms with van der Waals surface area (Å²) in [7, 11) is -2.42. The maximum absolute atomic E-state index is 14.3. The molecule has 0 radical (unpaired) electrons. The number of amides is 2. The maximum atomic E-state index is 14.3. The molecule has 2 saturated heterocycles. The van der Waals surface area contributed by atoms with Crippen molar-refractivity contribution in [2.45, 2.75) is 29.7 Å². The minimum Gasteiger partial charge on any atom is -0.507 e. The van der Waals surface area contributed by atoms with Crippen LogP contribution in [0.2, 0.25) is 0 Å². The maximum Gasteiger partial charge on any atom is 0.296 e. The number of ether oxygens (including phenoxy) is 1. The molecule has 1 atom stereocenters. The van der Waals surface area contributed by atoms with Gasteiger partial charge in [-0.1, -0.05) is 42.8 Å². The summed E-state index contributed by atoms with van der Waals surface area (Å²) in [6, 6.07) is 12.4. The number of aliphatic hydroxyl groups is 1. The molecule has 0 saturated carbocycles. The zero-order valence-corrected chi connectivity index (χ0v) is 23.0. The fourth-order valence-electron chi connectivity index (χ4n) is 5.86. The highest BCUT2D eigenvalue weighted by atomic mass is 32.2. The number of para-hydroxylation sites is 1. The third-order valence-corrected chi connectivity index (χ3v) is 9.59. The van der Waals surface area contributed by atoms with Crippen LogP contribution in [0.4, 0.5) is 5.69 Å². The molecule has 1 unspecified atom stereocenters. The van der Waals surface area contributed by atoms with Gasteiger partial charge < -0.3 is 19.6 Å². The molecule has 1 spiro atoms. The molecule has 2 fully saturated rings. The number of Topliss-reactive ketones (excluding diaryl/α,β-unsaturated/α-hetero) is 1. The minimum absolute atomic E-state index is 0.00894. The van der Waals surface area contributed by atoms with Crippen LogP contribution in [-0.4, -0.2) is 80.2 Å². The van der Waals surface area contributed by atoms with E-state index in [-0.39, 0.29) is 30.2 Å². The lowest BCUT2D eigenvalue weighted by atomic mass is 9.82. The first kappa shape index (κ1) is 27.8. The average Bonchev–Trinajstić information content (AvgIpc) is 3.35. The van der Waals surface area contributed by atoms with Crippen LogP contribution in [0.5, 0.6) is 0 Å². The Kier molecular flexibility index (Phi) is 7.38. The van der Waals surface area contributed by atoms with E-state index in [1.165, 1.54) is 46.7 Å². The highest BCUT2D eigenvalue weighted by Gasteiger charge is 2.66. The Morgan fingerprint density at radius 3 is 2.50 bits per heavy atom. The number of sulfonamides is 1. The first-order chi connectivity index (χ1) is 19.2. The second-order valence-electron chi connectivity index (χ2n) is 9.93. The van der Waals surface area contributed by atoms with Crippen LogP contribution in [-0.2, 0) is 34.7 Å². The number of carbonyl (C=O) groups is 3. The summed E-state index contributed by atoms with van der Waals surface area (Å²) in [5.74, 6) is -3.22. The summed E-state index contributed by atoms with van der Waals surface area (Å²) < 4.78 is 33.3. The highest BCUT2D eigenvalue weighted by Crippen LogP contribution is 2.53. The molecule has 10 nitrogen and oxygen atoms in total. The van der Waals surface area contributed by atoms with E-state index in [1.54, 1.807) is 24.3 Å². The lowest BCUT2D eigenvalue weighted by Gasteiger charge is -2.34. The molecule has 40 heavy (non-hydrogen) atoms. The molecular formula is C29H31N3O7S. The summed E-state index contributed by atoms with van der Waals surface area (Å²) in [4.78, 5) is 43.9. The largest absolute Gasteiger partial charge is 0.507 e. The summed E-state index contributed by atoms with van der Waals surface area (Å²) in [6.45, 7) is 4.58. The number of benzene rings is 2. The third-order valence-electron chi connectivity index (χ3n) is 7.70. The molecular weight excluding hydrogens is 534 g/mol. The van der Waals surface area contributed by atoms with Gasteiger partial charge in [-0.2, -0.15) is 4.31 Å². The van der Waals surface area contributed by atoms with Crippen LogP contribution >= 0.6 is 0 Å². The lowest BCUT2D eigenvalue weighted by Crippen LogP contribution is -2.52. The van der Waals surface area contributed by atoms with Gasteiger partial charge in [0.25, 0.3) is 17.6 Å². The summed E-state index contributed by atoms with van der Waals surface area (Å²) >= 11 is 0. The average molecular weight is 566 g/mol. The normalized spacial score (nSPS) is 22.8. The standard InChI is InChI=1S/C29H31N3O7S/c1-3-14-31-23-13-6-5-12-22(23)29(28(31)36)24(26(34)27(35)32(29)17-18-39-2)25(33)20-10-9-11-21(19-20)40(37,38)30-15-7-4-8-16-30/h3,5-6,9-13,19,33H,1,4,7-8,14-18H2,2H3/b25-24+. The Labute approximate surface area is 233 Å². The second kappa shape index (κ2) is 10.6. The third kappa shape index (κ3) is 4.07. The molecule has 3 heterocycles. The molecule has 210 valence electrons. The van der Waals surface area contributed by atoms with Gasteiger partial charge in [-0.15, -0.1) is 6.58 Å². The van der Waals surface area contributed by atoms with Crippen LogP contribution in [0.1, 0.15) is 30.4 Å². The topological polar surface area (TPSA) is 125 Å². The number of aliphatic hydroxyl groups excluding tert-OH is 1. The van der Waals surface area contributed by atoms with Crippen LogP contribution in [0.3, 0.4) is 0 Å². The number of nitrogens with zero attached hydrogens (tertiary/aromatic N) is 3. The Hall–Kier alpha value is -3.80. The number of ketones is 1. The van der Waals surface area contributed by atoms with Crippen molar-refractivity contribution in [2.24, 2.45) is 0 Å². The first-order valence-corrected chi connectivity index (χ1v) is 14.6. The first-order valence-electron chi connectivity index (χ1n) is 13.1. The van der Waals surface area contributed by atoms with Gasteiger partial charge >= 0.3 is 0 Å². The number of carbonyl (C=O) groups excluding carboxylic acids is 3. The number of rotatable bonds is 8.